The van der Waals surface area contributed by atoms with E-state index in [9.17, 15) is 14.0 Å². The van der Waals surface area contributed by atoms with Gasteiger partial charge in [0.05, 0.1) is 14.2 Å². The number of anilines is 1. The number of thioether (sulfide) groups is 1. The molecule has 0 aromatic heterocycles. The Labute approximate surface area is 190 Å². The number of carbonyl (C=O) groups is 2. The van der Waals surface area contributed by atoms with Crippen LogP contribution in [0.2, 0.25) is 0 Å². The van der Waals surface area contributed by atoms with Crippen molar-refractivity contribution < 1.29 is 18.7 Å². The zero-order chi connectivity index (χ0) is 21.1. The third-order valence-electron chi connectivity index (χ3n) is 4.40. The molecule has 7 heteroatoms. The van der Waals surface area contributed by atoms with E-state index in [1.165, 1.54) is 11.0 Å². The summed E-state index contributed by atoms with van der Waals surface area (Å²) >= 11 is 3.04. The lowest BCUT2D eigenvalue weighted by atomic mass is 10.2. The van der Waals surface area contributed by atoms with Crippen molar-refractivity contribution in [2.45, 2.75) is 6.61 Å². The minimum atomic E-state index is -0.342. The highest BCUT2D eigenvalue weighted by atomic mass is 127. The van der Waals surface area contributed by atoms with E-state index in [0.717, 1.165) is 20.9 Å². The molecule has 1 heterocycles. The van der Waals surface area contributed by atoms with Crippen LogP contribution < -0.4 is 9.64 Å². The first-order chi connectivity index (χ1) is 14.5. The van der Waals surface area contributed by atoms with Gasteiger partial charge < -0.3 is 4.74 Å². The summed E-state index contributed by atoms with van der Waals surface area (Å²) in [6, 6.07) is 20.8. The van der Waals surface area contributed by atoms with Gasteiger partial charge in [-0.3, -0.25) is 9.59 Å². The molecule has 30 heavy (non-hydrogen) atoms. The summed E-state index contributed by atoms with van der Waals surface area (Å²) in [5.74, 6) is -0.0299. The average Bonchev–Trinajstić information content (AvgIpc) is 3.02. The Morgan fingerprint density at radius 1 is 1.00 bits per heavy atom. The summed E-state index contributed by atoms with van der Waals surface area (Å²) in [4.78, 5) is 26.6. The molecule has 0 atom stereocenters. The van der Waals surface area contributed by atoms with Gasteiger partial charge in [0.25, 0.3) is 11.1 Å². The fourth-order valence-electron chi connectivity index (χ4n) is 2.91. The second kappa shape index (κ2) is 9.01. The van der Waals surface area contributed by atoms with Crippen molar-refractivity contribution >= 4 is 57.3 Å². The molecule has 4 nitrogen and oxygen atoms in total. The Morgan fingerprint density at radius 3 is 2.47 bits per heavy atom. The minimum absolute atomic E-state index is 0.123. The molecule has 0 aliphatic carbocycles. The molecule has 3 aromatic carbocycles. The number of carbonyl (C=O) groups excluding carboxylic acids is 2. The maximum atomic E-state index is 13.8. The van der Waals surface area contributed by atoms with E-state index in [1.807, 2.05) is 12.1 Å². The standard InChI is InChI=1S/C23H15FINO3S/c24-18-9-5-4-6-16(18)14-29-20-11-10-15(12-19(20)25)13-21-22(27)26(23(28)30-21)17-7-2-1-3-8-17/h1-13H,14H2/b21-13-. The van der Waals surface area contributed by atoms with Gasteiger partial charge >= 0.3 is 0 Å². The molecular weight excluding hydrogens is 516 g/mol. The van der Waals surface area contributed by atoms with Gasteiger partial charge in [-0.05, 0) is 76.3 Å². The first-order valence-corrected chi connectivity index (χ1v) is 10.9. The van der Waals surface area contributed by atoms with Gasteiger partial charge in [0.2, 0.25) is 0 Å². The van der Waals surface area contributed by atoms with E-state index in [2.05, 4.69) is 22.6 Å². The molecule has 0 N–H and O–H groups in total. The van der Waals surface area contributed by atoms with Gasteiger partial charge in [-0.15, -0.1) is 0 Å². The molecule has 1 aliphatic rings. The molecular formula is C23H15FINO3S. The molecule has 0 unspecified atom stereocenters. The van der Waals surface area contributed by atoms with Gasteiger partial charge in [0.15, 0.2) is 0 Å². The maximum Gasteiger partial charge on any atom is 0.298 e. The van der Waals surface area contributed by atoms with Crippen molar-refractivity contribution in [1.82, 2.24) is 0 Å². The Hall–Kier alpha value is -2.65. The van der Waals surface area contributed by atoms with Gasteiger partial charge in [0.1, 0.15) is 18.2 Å². The predicted molar refractivity (Wildman–Crippen MR) is 125 cm³/mol. The number of imide groups is 1. The largest absolute Gasteiger partial charge is 0.488 e. The molecule has 1 aliphatic heterocycles. The van der Waals surface area contributed by atoms with E-state index < -0.39 is 0 Å². The zero-order valence-electron chi connectivity index (χ0n) is 15.5. The van der Waals surface area contributed by atoms with Crippen molar-refractivity contribution in [2.24, 2.45) is 0 Å². The van der Waals surface area contributed by atoms with Crippen LogP contribution in [0.1, 0.15) is 11.1 Å². The summed E-state index contributed by atoms with van der Waals surface area (Å²) in [5, 5.41) is -0.322. The van der Waals surface area contributed by atoms with E-state index in [1.54, 1.807) is 60.7 Å². The molecule has 3 aromatic rings. The van der Waals surface area contributed by atoms with Crippen LogP contribution in [0.15, 0.2) is 77.7 Å². The van der Waals surface area contributed by atoms with Crippen molar-refractivity contribution in [3.05, 3.63) is 98.2 Å². The summed E-state index contributed by atoms with van der Waals surface area (Å²) in [7, 11) is 0. The Balaban J connectivity index is 1.50. The second-order valence-electron chi connectivity index (χ2n) is 6.42. The number of nitrogens with zero attached hydrogens (tertiary/aromatic N) is 1. The Kier molecular flexibility index (Phi) is 6.19. The molecule has 4 rings (SSSR count). The van der Waals surface area contributed by atoms with Crippen LogP contribution in [0.5, 0.6) is 5.75 Å². The first-order valence-electron chi connectivity index (χ1n) is 9.02. The van der Waals surface area contributed by atoms with Crippen LogP contribution in [0.25, 0.3) is 6.08 Å². The Bertz CT molecular complexity index is 1150. The first kappa shape index (κ1) is 20.6. The molecule has 150 valence electrons. The number of amides is 2. The van der Waals surface area contributed by atoms with Crippen LogP contribution in [-0.2, 0) is 11.4 Å². The summed E-state index contributed by atoms with van der Waals surface area (Å²) in [6.07, 6.45) is 1.69. The molecule has 1 fully saturated rings. The van der Waals surface area contributed by atoms with E-state index in [-0.39, 0.29) is 23.6 Å². The fraction of sp³-hybridized carbons (Fsp3) is 0.0435. The third-order valence-corrected chi connectivity index (χ3v) is 6.12. The van der Waals surface area contributed by atoms with Crippen molar-refractivity contribution in [1.29, 1.82) is 0 Å². The summed E-state index contributed by atoms with van der Waals surface area (Å²) < 4.78 is 20.3. The van der Waals surface area contributed by atoms with Crippen LogP contribution in [0.4, 0.5) is 14.9 Å². The highest BCUT2D eigenvalue weighted by Crippen LogP contribution is 2.36. The molecule has 1 saturated heterocycles. The zero-order valence-corrected chi connectivity index (χ0v) is 18.5. The number of benzene rings is 3. The normalized spacial score (nSPS) is 15.1. The fourth-order valence-corrected chi connectivity index (χ4v) is 4.45. The lowest BCUT2D eigenvalue weighted by molar-refractivity contribution is -0.113. The summed E-state index contributed by atoms with van der Waals surface area (Å²) in [6.45, 7) is 0.123. The van der Waals surface area contributed by atoms with Crippen molar-refractivity contribution in [2.75, 3.05) is 4.90 Å². The van der Waals surface area contributed by atoms with Gasteiger partial charge in [-0.2, -0.15) is 0 Å². The van der Waals surface area contributed by atoms with Crippen LogP contribution in [0, 0.1) is 9.39 Å². The smallest absolute Gasteiger partial charge is 0.298 e. The lowest BCUT2D eigenvalue weighted by Crippen LogP contribution is -2.27. The average molecular weight is 531 g/mol. The number of para-hydroxylation sites is 1. The van der Waals surface area contributed by atoms with Crippen molar-refractivity contribution in [3.63, 3.8) is 0 Å². The molecule has 0 radical (unpaired) electrons. The van der Waals surface area contributed by atoms with Crippen LogP contribution in [-0.4, -0.2) is 11.1 Å². The highest BCUT2D eigenvalue weighted by molar-refractivity contribution is 14.1. The minimum Gasteiger partial charge on any atom is -0.488 e. The molecule has 0 spiro atoms. The number of rotatable bonds is 5. The number of hydrogen-bond donors (Lipinski definition) is 0. The summed E-state index contributed by atoms with van der Waals surface area (Å²) in [5.41, 5.74) is 1.80. The lowest BCUT2D eigenvalue weighted by Gasteiger charge is -2.11. The topological polar surface area (TPSA) is 46.6 Å². The van der Waals surface area contributed by atoms with Gasteiger partial charge in [-0.1, -0.05) is 42.5 Å². The second-order valence-corrected chi connectivity index (χ2v) is 8.58. The van der Waals surface area contributed by atoms with Crippen LogP contribution in [0.3, 0.4) is 0 Å². The van der Waals surface area contributed by atoms with Crippen molar-refractivity contribution in [3.8, 4) is 5.75 Å². The Morgan fingerprint density at radius 2 is 1.73 bits per heavy atom. The quantitative estimate of drug-likeness (QED) is 0.289. The maximum absolute atomic E-state index is 13.8. The highest BCUT2D eigenvalue weighted by Gasteiger charge is 2.36. The third kappa shape index (κ3) is 4.41. The SMILES string of the molecule is O=C1S/C(=C\c2ccc(OCc3ccccc3F)c(I)c2)C(=O)N1c1ccccc1. The molecule has 2 amide bonds. The molecule has 0 saturated carbocycles. The predicted octanol–water partition coefficient (Wildman–Crippen LogP) is 6.25. The number of hydrogen-bond acceptors (Lipinski definition) is 4. The number of halogens is 2. The van der Waals surface area contributed by atoms with E-state index in [4.69, 9.17) is 4.74 Å². The van der Waals surface area contributed by atoms with Gasteiger partial charge in [0, 0.05) is 5.56 Å². The number of ether oxygens (including phenoxy) is 1. The monoisotopic (exact) mass is 531 g/mol. The molecule has 0 bridgehead atoms. The van der Waals surface area contributed by atoms with E-state index >= 15 is 0 Å². The van der Waals surface area contributed by atoms with Crippen LogP contribution >= 0.6 is 34.4 Å². The van der Waals surface area contributed by atoms with E-state index in [0.29, 0.717) is 21.9 Å². The van der Waals surface area contributed by atoms with Gasteiger partial charge in [-0.25, -0.2) is 9.29 Å².